The third-order valence-corrected chi connectivity index (χ3v) is 4.37. The zero-order valence-corrected chi connectivity index (χ0v) is 16.9. The molecular weight excluding hydrogens is 486 g/mol. The van der Waals surface area contributed by atoms with Crippen molar-refractivity contribution in [1.29, 1.82) is 5.26 Å². The molecule has 35 heavy (non-hydrogen) atoms. The summed E-state index contributed by atoms with van der Waals surface area (Å²) >= 11 is 0. The van der Waals surface area contributed by atoms with E-state index in [4.69, 9.17) is 10.00 Å². The summed E-state index contributed by atoms with van der Waals surface area (Å²) in [6.45, 7) is 0. The van der Waals surface area contributed by atoms with Crippen LogP contribution in [0.2, 0.25) is 0 Å². The Kier molecular flexibility index (Phi) is 5.87. The second kappa shape index (κ2) is 8.69. The summed E-state index contributed by atoms with van der Waals surface area (Å²) in [4.78, 5) is 15.9. The molecule has 0 aliphatic carbocycles. The molecule has 0 bridgehead atoms. The molecular formula is C21H10F6N4O4. The van der Waals surface area contributed by atoms with E-state index in [1.165, 1.54) is 18.3 Å². The van der Waals surface area contributed by atoms with Crippen molar-refractivity contribution in [3.05, 3.63) is 71.6 Å². The molecule has 1 aliphatic heterocycles. The number of nitriles is 1. The van der Waals surface area contributed by atoms with Gasteiger partial charge in [-0.2, -0.15) is 14.0 Å². The summed E-state index contributed by atoms with van der Waals surface area (Å²) in [5.41, 5.74) is -2.06. The van der Waals surface area contributed by atoms with Crippen molar-refractivity contribution in [2.24, 2.45) is 0 Å². The van der Waals surface area contributed by atoms with Crippen LogP contribution in [0.3, 0.4) is 0 Å². The van der Waals surface area contributed by atoms with Crippen LogP contribution >= 0.6 is 0 Å². The molecule has 4 rings (SSSR count). The largest absolute Gasteiger partial charge is 0.540 e. The van der Waals surface area contributed by atoms with Crippen LogP contribution in [0.25, 0.3) is 0 Å². The molecule has 2 N–H and O–H groups in total. The summed E-state index contributed by atoms with van der Waals surface area (Å²) in [6, 6.07) is 6.63. The van der Waals surface area contributed by atoms with Crippen molar-refractivity contribution in [2.45, 2.75) is 12.4 Å². The van der Waals surface area contributed by atoms with Gasteiger partial charge in [0, 0.05) is 30.1 Å². The number of nitrogens with zero attached hydrogens (tertiary/aromatic N) is 2. The minimum atomic E-state index is -4.56. The second-order valence-corrected chi connectivity index (χ2v) is 6.83. The van der Waals surface area contributed by atoms with Gasteiger partial charge >= 0.3 is 18.4 Å². The van der Waals surface area contributed by atoms with Gasteiger partial charge in [-0.25, -0.2) is 23.3 Å². The number of ether oxygens (including phenoxy) is 3. The normalized spacial score (nSPS) is 15.2. The van der Waals surface area contributed by atoms with Gasteiger partial charge < -0.3 is 20.1 Å². The molecule has 2 heterocycles. The Morgan fingerprint density at radius 1 is 1.03 bits per heavy atom. The first-order chi connectivity index (χ1) is 16.5. The minimum Gasteiger partial charge on any atom is -0.454 e. The average molecular weight is 496 g/mol. The number of amides is 2. The van der Waals surface area contributed by atoms with Crippen molar-refractivity contribution in [3.8, 4) is 23.3 Å². The molecule has 0 unspecified atom stereocenters. The molecule has 0 radical (unpaired) electrons. The van der Waals surface area contributed by atoms with Crippen LogP contribution in [0.5, 0.6) is 17.2 Å². The Morgan fingerprint density at radius 3 is 2.54 bits per heavy atom. The number of anilines is 2. The number of carbonyl (C=O) groups is 1. The lowest BCUT2D eigenvalue weighted by molar-refractivity contribution is -0.461. The van der Waals surface area contributed by atoms with Crippen molar-refractivity contribution in [1.82, 2.24) is 4.98 Å². The highest BCUT2D eigenvalue weighted by atomic mass is 19.3. The molecule has 8 nitrogen and oxygen atoms in total. The lowest BCUT2D eigenvalue weighted by Crippen LogP contribution is -2.41. The monoisotopic (exact) mass is 496 g/mol. The Balaban J connectivity index is 1.48. The third kappa shape index (κ3) is 5.20. The van der Waals surface area contributed by atoms with E-state index in [2.05, 4.69) is 19.8 Å². The number of fused-ring (bicyclic) bond motifs is 1. The maximum atomic E-state index is 14.4. The summed E-state index contributed by atoms with van der Waals surface area (Å²) in [7, 11) is 0. The molecule has 14 heteroatoms. The van der Waals surface area contributed by atoms with E-state index in [1.807, 2.05) is 5.32 Å². The SMILES string of the molecule is N#Cc1cc(Oc2cc(F)c(NC(=O)Nc3ccc4c(c3)C(F)(F)OC(F)(F)O4)cc2F)ccn1. The maximum absolute atomic E-state index is 14.4. The number of hydrogen-bond donors (Lipinski definition) is 2. The molecule has 2 aromatic carbocycles. The molecule has 0 atom stereocenters. The van der Waals surface area contributed by atoms with E-state index in [-0.39, 0.29) is 17.1 Å². The number of benzene rings is 2. The van der Waals surface area contributed by atoms with Crippen molar-refractivity contribution in [3.63, 3.8) is 0 Å². The van der Waals surface area contributed by atoms with E-state index >= 15 is 0 Å². The number of rotatable bonds is 4. The Labute approximate surface area is 191 Å². The molecule has 0 saturated heterocycles. The number of urea groups is 1. The molecule has 2 amide bonds. The van der Waals surface area contributed by atoms with Crippen LogP contribution in [0.4, 0.5) is 42.5 Å². The van der Waals surface area contributed by atoms with Gasteiger partial charge in [-0.1, -0.05) is 0 Å². The average Bonchev–Trinajstić information content (AvgIpc) is 2.76. The summed E-state index contributed by atoms with van der Waals surface area (Å²) in [5.74, 6) is -3.63. The zero-order chi connectivity index (χ0) is 25.4. The van der Waals surface area contributed by atoms with Gasteiger partial charge in [0.15, 0.2) is 17.4 Å². The first kappa shape index (κ1) is 23.6. The predicted molar refractivity (Wildman–Crippen MR) is 105 cm³/mol. The van der Waals surface area contributed by atoms with Crippen LogP contribution in [0.15, 0.2) is 48.7 Å². The molecule has 1 aliphatic rings. The van der Waals surface area contributed by atoms with Crippen LogP contribution in [0.1, 0.15) is 11.3 Å². The topological polar surface area (TPSA) is 106 Å². The molecule has 0 saturated carbocycles. The van der Waals surface area contributed by atoms with Crippen LogP contribution < -0.4 is 20.1 Å². The highest BCUT2D eigenvalue weighted by Crippen LogP contribution is 2.46. The molecule has 180 valence electrons. The smallest absolute Gasteiger partial charge is 0.454 e. The van der Waals surface area contributed by atoms with Gasteiger partial charge in [0.25, 0.3) is 0 Å². The van der Waals surface area contributed by atoms with Crippen LogP contribution in [0, 0.1) is 23.0 Å². The van der Waals surface area contributed by atoms with E-state index in [1.54, 1.807) is 6.07 Å². The highest BCUT2D eigenvalue weighted by Gasteiger charge is 2.54. The van der Waals surface area contributed by atoms with Crippen molar-refractivity contribution < 1.29 is 45.3 Å². The van der Waals surface area contributed by atoms with E-state index in [0.717, 1.165) is 12.1 Å². The van der Waals surface area contributed by atoms with E-state index in [0.29, 0.717) is 18.2 Å². The lowest BCUT2D eigenvalue weighted by atomic mass is 10.1. The fourth-order valence-corrected chi connectivity index (χ4v) is 2.93. The van der Waals surface area contributed by atoms with E-state index < -0.39 is 52.8 Å². The van der Waals surface area contributed by atoms with Crippen molar-refractivity contribution >= 4 is 17.4 Å². The van der Waals surface area contributed by atoms with Crippen LogP contribution in [-0.2, 0) is 10.8 Å². The summed E-state index contributed by atoms with van der Waals surface area (Å²) in [6.07, 6.45) is -7.77. The van der Waals surface area contributed by atoms with Gasteiger partial charge in [0.2, 0.25) is 0 Å². The number of alkyl halides is 4. The maximum Gasteiger partial charge on any atom is 0.540 e. The number of pyridine rings is 1. The standard InChI is InChI=1S/C21H10F6N4O4/c22-14-8-18(33-12-3-4-29-11(5-12)9-28)15(23)7-16(14)31-19(32)30-10-1-2-17-13(6-10)20(24,25)35-21(26,27)34-17/h1-8H,(H2,30,31,32). The quantitative estimate of drug-likeness (QED) is 0.451. The molecule has 1 aromatic heterocycles. The van der Waals surface area contributed by atoms with Gasteiger partial charge in [-0.3, -0.25) is 0 Å². The number of aromatic nitrogens is 1. The number of hydrogen-bond acceptors (Lipinski definition) is 6. The Morgan fingerprint density at radius 2 is 1.80 bits per heavy atom. The molecule has 0 fully saturated rings. The minimum absolute atomic E-state index is 0.00300. The number of nitrogens with one attached hydrogen (secondary N) is 2. The Bertz CT molecular complexity index is 1360. The Hall–Kier alpha value is -4.51. The summed E-state index contributed by atoms with van der Waals surface area (Å²) in [5, 5.41) is 12.9. The van der Waals surface area contributed by atoms with Gasteiger partial charge in [0.1, 0.15) is 23.3 Å². The van der Waals surface area contributed by atoms with Crippen molar-refractivity contribution in [2.75, 3.05) is 10.6 Å². The molecule has 0 spiro atoms. The first-order valence-electron chi connectivity index (χ1n) is 9.36. The zero-order valence-electron chi connectivity index (χ0n) is 16.9. The number of halogens is 6. The predicted octanol–water partition coefficient (Wildman–Crippen LogP) is 5.68. The van der Waals surface area contributed by atoms with E-state index in [9.17, 15) is 31.1 Å². The number of carbonyl (C=O) groups excluding carboxylic acids is 1. The lowest BCUT2D eigenvalue weighted by Gasteiger charge is -2.30. The second-order valence-electron chi connectivity index (χ2n) is 6.83. The fraction of sp³-hybridized carbons (Fsp3) is 0.0952. The third-order valence-electron chi connectivity index (χ3n) is 4.37. The summed E-state index contributed by atoms with van der Waals surface area (Å²) < 4.78 is 95.2. The van der Waals surface area contributed by atoms with Crippen LogP contribution in [-0.4, -0.2) is 17.3 Å². The first-order valence-corrected chi connectivity index (χ1v) is 9.36. The highest BCUT2D eigenvalue weighted by molar-refractivity contribution is 6.00. The molecule has 3 aromatic rings. The van der Waals surface area contributed by atoms with Gasteiger partial charge in [0.05, 0.1) is 11.3 Å². The fourth-order valence-electron chi connectivity index (χ4n) is 2.93. The van der Waals surface area contributed by atoms with Gasteiger partial charge in [-0.05, 0) is 24.3 Å². The van der Waals surface area contributed by atoms with Gasteiger partial charge in [-0.15, -0.1) is 8.78 Å².